The van der Waals surface area contributed by atoms with E-state index in [9.17, 15) is 4.79 Å². The molecule has 1 heterocycles. The molecule has 19 heavy (non-hydrogen) atoms. The Morgan fingerprint density at radius 3 is 2.26 bits per heavy atom. The summed E-state index contributed by atoms with van der Waals surface area (Å²) in [7, 11) is 0. The lowest BCUT2D eigenvalue weighted by Gasteiger charge is -2.36. The Labute approximate surface area is 120 Å². The first-order valence-corrected chi connectivity index (χ1v) is 7.45. The molecule has 0 spiro atoms. The third-order valence-corrected chi connectivity index (χ3v) is 4.40. The lowest BCUT2D eigenvalue weighted by molar-refractivity contribution is 0.0650. The van der Waals surface area contributed by atoms with Crippen LogP contribution < -0.4 is 0 Å². The molecule has 0 N–H and O–H groups in total. The van der Waals surface area contributed by atoms with E-state index >= 15 is 0 Å². The van der Waals surface area contributed by atoms with E-state index in [1.807, 2.05) is 32.0 Å². The Kier molecular flexibility index (Phi) is 4.64. The van der Waals surface area contributed by atoms with Gasteiger partial charge in [0.25, 0.3) is 0 Å². The van der Waals surface area contributed by atoms with Crippen LogP contribution in [0.15, 0.2) is 24.3 Å². The number of likely N-dealkylation sites (tertiary alicyclic amines) is 1. The van der Waals surface area contributed by atoms with Crippen LogP contribution in [0.5, 0.6) is 0 Å². The fourth-order valence-electron chi connectivity index (χ4n) is 2.75. The monoisotopic (exact) mass is 279 g/mol. The maximum atomic E-state index is 12.8. The van der Waals surface area contributed by atoms with E-state index < -0.39 is 5.54 Å². The van der Waals surface area contributed by atoms with Gasteiger partial charge in [-0.25, -0.2) is 0 Å². The van der Waals surface area contributed by atoms with Crippen LogP contribution in [0.1, 0.15) is 49.9 Å². The summed E-state index contributed by atoms with van der Waals surface area (Å²) in [4.78, 5) is 15.1. The highest BCUT2D eigenvalue weighted by molar-refractivity contribution is 6.34. The highest BCUT2D eigenvalue weighted by Gasteiger charge is 2.35. The average Bonchev–Trinajstić information content (AvgIpc) is 2.67. The summed E-state index contributed by atoms with van der Waals surface area (Å²) in [5.74, 6) is 0.125. The van der Waals surface area contributed by atoms with Gasteiger partial charge in [0.2, 0.25) is 0 Å². The van der Waals surface area contributed by atoms with Crippen molar-refractivity contribution >= 4 is 17.4 Å². The fraction of sp³-hybridized carbons (Fsp3) is 0.562. The molecule has 0 aliphatic carbocycles. The number of benzene rings is 1. The molecule has 0 radical (unpaired) electrons. The second-order valence-electron chi connectivity index (χ2n) is 5.77. The van der Waals surface area contributed by atoms with Crippen LogP contribution in [0.4, 0.5) is 0 Å². The van der Waals surface area contributed by atoms with E-state index in [0.717, 1.165) is 13.1 Å². The zero-order valence-corrected chi connectivity index (χ0v) is 12.5. The molecule has 0 amide bonds. The Balaban J connectivity index is 2.23. The molecule has 1 saturated heterocycles. The average molecular weight is 280 g/mol. The predicted molar refractivity (Wildman–Crippen MR) is 79.9 cm³/mol. The number of nitrogens with zero attached hydrogens (tertiary/aromatic N) is 1. The summed E-state index contributed by atoms with van der Waals surface area (Å²) < 4.78 is 0. The number of carbonyl (C=O) groups is 1. The van der Waals surface area contributed by atoms with Crippen molar-refractivity contribution in [2.45, 2.75) is 45.1 Å². The van der Waals surface area contributed by atoms with Gasteiger partial charge in [-0.2, -0.15) is 0 Å². The van der Waals surface area contributed by atoms with Crippen LogP contribution in [0, 0.1) is 0 Å². The summed E-state index contributed by atoms with van der Waals surface area (Å²) in [5, 5.41) is 0.551. The van der Waals surface area contributed by atoms with Crippen molar-refractivity contribution in [1.82, 2.24) is 4.90 Å². The molecule has 2 nitrogen and oxygen atoms in total. The minimum absolute atomic E-state index is 0.125. The SMILES string of the molecule is CC(C)(C(=O)c1ccccc1Cl)N1CCCCCC1. The van der Waals surface area contributed by atoms with Crippen LogP contribution >= 0.6 is 11.6 Å². The van der Waals surface area contributed by atoms with Gasteiger partial charge in [-0.15, -0.1) is 0 Å². The van der Waals surface area contributed by atoms with Gasteiger partial charge in [0, 0.05) is 5.56 Å². The maximum absolute atomic E-state index is 12.8. The van der Waals surface area contributed by atoms with Crippen molar-refractivity contribution in [3.8, 4) is 0 Å². The van der Waals surface area contributed by atoms with Gasteiger partial charge in [0.15, 0.2) is 5.78 Å². The number of rotatable bonds is 3. The van der Waals surface area contributed by atoms with Crippen molar-refractivity contribution < 1.29 is 4.79 Å². The molecule has 0 unspecified atom stereocenters. The number of carbonyl (C=O) groups excluding carboxylic acids is 1. The molecule has 1 aromatic rings. The second-order valence-corrected chi connectivity index (χ2v) is 6.18. The third kappa shape index (κ3) is 3.18. The van der Waals surface area contributed by atoms with Crippen molar-refractivity contribution in [2.24, 2.45) is 0 Å². The molecule has 1 aliphatic heterocycles. The Morgan fingerprint density at radius 1 is 1.11 bits per heavy atom. The Bertz CT molecular complexity index is 448. The minimum Gasteiger partial charge on any atom is -0.292 e. The van der Waals surface area contributed by atoms with Crippen molar-refractivity contribution in [3.63, 3.8) is 0 Å². The van der Waals surface area contributed by atoms with E-state index in [2.05, 4.69) is 4.90 Å². The molecule has 0 aromatic heterocycles. The van der Waals surface area contributed by atoms with Gasteiger partial charge in [-0.05, 0) is 51.9 Å². The maximum Gasteiger partial charge on any atom is 0.183 e. The fourth-order valence-corrected chi connectivity index (χ4v) is 2.97. The molecular weight excluding hydrogens is 258 g/mol. The van der Waals surface area contributed by atoms with Crippen molar-refractivity contribution in [2.75, 3.05) is 13.1 Å². The summed E-state index contributed by atoms with van der Waals surface area (Å²) in [6.45, 7) is 6.04. The van der Waals surface area contributed by atoms with Gasteiger partial charge < -0.3 is 0 Å². The van der Waals surface area contributed by atoms with E-state index in [1.54, 1.807) is 6.07 Å². The molecule has 104 valence electrons. The first-order chi connectivity index (χ1) is 9.03. The molecular formula is C16H22ClNO. The lowest BCUT2D eigenvalue weighted by atomic mass is 9.91. The van der Waals surface area contributed by atoms with Gasteiger partial charge in [0.05, 0.1) is 10.6 Å². The Morgan fingerprint density at radius 2 is 1.68 bits per heavy atom. The Hall–Kier alpha value is -0.860. The second kappa shape index (κ2) is 6.06. The van der Waals surface area contributed by atoms with E-state index in [4.69, 9.17) is 11.6 Å². The zero-order valence-electron chi connectivity index (χ0n) is 11.8. The minimum atomic E-state index is -0.477. The molecule has 3 heteroatoms. The number of hydrogen-bond acceptors (Lipinski definition) is 2. The molecule has 2 rings (SSSR count). The number of halogens is 1. The number of Topliss-reactive ketones (excluding diaryl/α,β-unsaturated/α-hetero) is 1. The first-order valence-electron chi connectivity index (χ1n) is 7.08. The highest BCUT2D eigenvalue weighted by atomic mass is 35.5. The highest BCUT2D eigenvalue weighted by Crippen LogP contribution is 2.27. The molecule has 0 atom stereocenters. The van der Waals surface area contributed by atoms with E-state index in [-0.39, 0.29) is 5.78 Å². The summed E-state index contributed by atoms with van der Waals surface area (Å²) >= 11 is 6.16. The van der Waals surface area contributed by atoms with Gasteiger partial charge in [0.1, 0.15) is 0 Å². The molecule has 0 bridgehead atoms. The standard InChI is InChI=1S/C16H22ClNO/c1-16(2,18-11-7-3-4-8-12-18)15(19)13-9-5-6-10-14(13)17/h5-6,9-10H,3-4,7-8,11-12H2,1-2H3. The molecule has 1 aromatic carbocycles. The zero-order chi connectivity index (χ0) is 13.9. The number of ketones is 1. The van der Waals surface area contributed by atoms with Gasteiger partial charge in [-0.3, -0.25) is 9.69 Å². The summed E-state index contributed by atoms with van der Waals surface area (Å²) in [6, 6.07) is 7.34. The van der Waals surface area contributed by atoms with Crippen LogP contribution in [0.3, 0.4) is 0 Å². The normalized spacial score (nSPS) is 18.1. The van der Waals surface area contributed by atoms with E-state index in [1.165, 1.54) is 25.7 Å². The largest absolute Gasteiger partial charge is 0.292 e. The van der Waals surface area contributed by atoms with Crippen LogP contribution in [0.25, 0.3) is 0 Å². The number of hydrogen-bond donors (Lipinski definition) is 0. The summed E-state index contributed by atoms with van der Waals surface area (Å²) in [6.07, 6.45) is 4.90. The quantitative estimate of drug-likeness (QED) is 0.774. The van der Waals surface area contributed by atoms with Crippen molar-refractivity contribution in [3.05, 3.63) is 34.9 Å². The predicted octanol–water partition coefficient (Wildman–Crippen LogP) is 4.18. The lowest BCUT2D eigenvalue weighted by Crippen LogP contribution is -2.50. The molecule has 1 fully saturated rings. The van der Waals surface area contributed by atoms with Crippen LogP contribution in [0.2, 0.25) is 5.02 Å². The van der Waals surface area contributed by atoms with Crippen LogP contribution in [-0.4, -0.2) is 29.3 Å². The van der Waals surface area contributed by atoms with E-state index in [0.29, 0.717) is 10.6 Å². The molecule has 1 aliphatic rings. The smallest absolute Gasteiger partial charge is 0.183 e. The summed E-state index contributed by atoms with van der Waals surface area (Å²) in [5.41, 5.74) is 0.161. The van der Waals surface area contributed by atoms with Crippen LogP contribution in [-0.2, 0) is 0 Å². The topological polar surface area (TPSA) is 20.3 Å². The third-order valence-electron chi connectivity index (χ3n) is 4.07. The van der Waals surface area contributed by atoms with Gasteiger partial charge in [-0.1, -0.05) is 36.6 Å². The first kappa shape index (κ1) is 14.5. The van der Waals surface area contributed by atoms with Gasteiger partial charge >= 0.3 is 0 Å². The van der Waals surface area contributed by atoms with Crippen molar-refractivity contribution in [1.29, 1.82) is 0 Å². The molecule has 0 saturated carbocycles.